The Morgan fingerprint density at radius 3 is 2.39 bits per heavy atom. The van der Waals surface area contributed by atoms with Crippen molar-refractivity contribution in [1.29, 1.82) is 0 Å². The summed E-state index contributed by atoms with van der Waals surface area (Å²) in [6, 6.07) is 6.04. The van der Waals surface area contributed by atoms with Crippen molar-refractivity contribution >= 4 is 25.4 Å². The standard InChI is InChI=1S/C13H15N2O7P/c1-19-10-5-3-2-4-9(10)14-12(17)15-11(16)13-6-20-23(18,21-7-13)22-8-13/h2-5H,6-8H2,1H3,(H2,14,15,16,17). The minimum atomic E-state index is -3.51. The molecule has 3 saturated heterocycles. The number of nitrogens with one attached hydrogen (secondary N) is 2. The highest BCUT2D eigenvalue weighted by Crippen LogP contribution is 2.59. The van der Waals surface area contributed by atoms with Gasteiger partial charge in [-0.1, -0.05) is 12.1 Å². The quantitative estimate of drug-likeness (QED) is 0.801. The van der Waals surface area contributed by atoms with Crippen LogP contribution in [0.3, 0.4) is 0 Å². The Bertz CT molecular complexity index is 661. The van der Waals surface area contributed by atoms with E-state index in [9.17, 15) is 14.2 Å². The molecule has 10 heteroatoms. The van der Waals surface area contributed by atoms with Crippen LogP contribution in [0.1, 0.15) is 0 Å². The Labute approximate surface area is 131 Å². The molecular formula is C13H15N2O7P. The fourth-order valence-electron chi connectivity index (χ4n) is 2.18. The summed E-state index contributed by atoms with van der Waals surface area (Å²) in [4.78, 5) is 24.3. The van der Waals surface area contributed by atoms with E-state index in [2.05, 4.69) is 10.6 Å². The highest BCUT2D eigenvalue weighted by atomic mass is 31.2. The van der Waals surface area contributed by atoms with Gasteiger partial charge in [-0.05, 0) is 12.1 Å². The molecule has 2 bridgehead atoms. The molecule has 0 spiro atoms. The van der Waals surface area contributed by atoms with Crippen LogP contribution in [0.2, 0.25) is 0 Å². The topological polar surface area (TPSA) is 112 Å². The number of anilines is 1. The van der Waals surface area contributed by atoms with Gasteiger partial charge in [-0.2, -0.15) is 0 Å². The monoisotopic (exact) mass is 342 g/mol. The molecule has 0 unspecified atom stereocenters. The molecule has 3 heterocycles. The zero-order chi connectivity index (χ0) is 16.5. The van der Waals surface area contributed by atoms with Crippen molar-refractivity contribution in [3.05, 3.63) is 24.3 Å². The molecule has 124 valence electrons. The van der Waals surface area contributed by atoms with E-state index in [1.807, 2.05) is 0 Å². The number of methoxy groups -OCH3 is 1. The van der Waals surface area contributed by atoms with Gasteiger partial charge in [0.1, 0.15) is 11.2 Å². The van der Waals surface area contributed by atoms with Crippen LogP contribution in [0.5, 0.6) is 5.75 Å². The van der Waals surface area contributed by atoms with Crippen LogP contribution in [-0.4, -0.2) is 38.9 Å². The fourth-order valence-corrected chi connectivity index (χ4v) is 3.62. The first-order chi connectivity index (χ1) is 11.0. The molecule has 0 atom stereocenters. The van der Waals surface area contributed by atoms with Crippen molar-refractivity contribution in [2.45, 2.75) is 0 Å². The lowest BCUT2D eigenvalue weighted by molar-refractivity contribution is -0.151. The van der Waals surface area contributed by atoms with Gasteiger partial charge in [-0.3, -0.25) is 23.7 Å². The van der Waals surface area contributed by atoms with Gasteiger partial charge in [0.25, 0.3) is 0 Å². The average molecular weight is 342 g/mol. The number of ether oxygens (including phenoxy) is 1. The van der Waals surface area contributed by atoms with Gasteiger partial charge in [-0.25, -0.2) is 9.36 Å². The number of phosphoric ester groups is 1. The van der Waals surface area contributed by atoms with E-state index >= 15 is 0 Å². The molecule has 0 radical (unpaired) electrons. The molecule has 0 saturated carbocycles. The molecule has 9 nitrogen and oxygen atoms in total. The first kappa shape index (κ1) is 15.9. The number of fused-ring (bicyclic) bond motifs is 3. The SMILES string of the molecule is COc1ccccc1NC(=O)NC(=O)C12COP(=O)(OC1)OC2. The number of imide groups is 1. The summed E-state index contributed by atoms with van der Waals surface area (Å²) in [5.41, 5.74) is -0.775. The van der Waals surface area contributed by atoms with E-state index in [-0.39, 0.29) is 19.8 Å². The van der Waals surface area contributed by atoms with Gasteiger partial charge in [0.15, 0.2) is 0 Å². The Hall–Kier alpha value is -1.93. The minimum Gasteiger partial charge on any atom is -0.495 e. The summed E-state index contributed by atoms with van der Waals surface area (Å²) in [6.07, 6.45) is 0. The molecular weight excluding hydrogens is 327 g/mol. The zero-order valence-corrected chi connectivity index (χ0v) is 13.1. The largest absolute Gasteiger partial charge is 0.495 e. The molecule has 3 fully saturated rings. The highest BCUT2D eigenvalue weighted by molar-refractivity contribution is 7.48. The highest BCUT2D eigenvalue weighted by Gasteiger charge is 2.55. The maximum Gasteiger partial charge on any atom is 0.474 e. The van der Waals surface area contributed by atoms with Crippen LogP contribution in [0.4, 0.5) is 10.5 Å². The number of phosphoric acid groups is 1. The number of hydrogen-bond acceptors (Lipinski definition) is 7. The molecule has 3 aliphatic heterocycles. The number of para-hydroxylation sites is 2. The second-order valence-electron chi connectivity index (χ2n) is 5.16. The van der Waals surface area contributed by atoms with Crippen molar-refractivity contribution in [2.24, 2.45) is 5.41 Å². The number of benzene rings is 1. The number of carbonyl (C=O) groups excluding carboxylic acids is 2. The molecule has 3 amide bonds. The third-order valence-electron chi connectivity index (χ3n) is 3.56. The molecule has 2 N–H and O–H groups in total. The van der Waals surface area contributed by atoms with E-state index in [0.717, 1.165) is 0 Å². The van der Waals surface area contributed by atoms with Gasteiger partial charge in [0, 0.05) is 0 Å². The second-order valence-corrected chi connectivity index (χ2v) is 6.83. The third-order valence-corrected chi connectivity index (χ3v) is 4.90. The van der Waals surface area contributed by atoms with Crippen LogP contribution in [0, 0.1) is 5.41 Å². The first-order valence-corrected chi connectivity index (χ1v) is 8.22. The van der Waals surface area contributed by atoms with Crippen molar-refractivity contribution in [3.8, 4) is 5.75 Å². The van der Waals surface area contributed by atoms with Crippen molar-refractivity contribution in [1.82, 2.24) is 5.32 Å². The van der Waals surface area contributed by atoms with Crippen molar-refractivity contribution in [2.75, 3.05) is 32.2 Å². The van der Waals surface area contributed by atoms with Crippen LogP contribution in [0.25, 0.3) is 0 Å². The predicted molar refractivity (Wildman–Crippen MR) is 78.1 cm³/mol. The number of urea groups is 1. The smallest absolute Gasteiger partial charge is 0.474 e. The van der Waals surface area contributed by atoms with Crippen molar-refractivity contribution < 1.29 is 32.5 Å². The second kappa shape index (κ2) is 5.93. The molecule has 1 aromatic carbocycles. The molecule has 3 aliphatic rings. The number of amides is 3. The van der Waals surface area contributed by atoms with E-state index in [0.29, 0.717) is 11.4 Å². The maximum atomic E-state index is 12.3. The van der Waals surface area contributed by atoms with Gasteiger partial charge in [0.05, 0.1) is 32.6 Å². The predicted octanol–water partition coefficient (Wildman–Crippen LogP) is 1.51. The first-order valence-electron chi connectivity index (χ1n) is 6.75. The summed E-state index contributed by atoms with van der Waals surface area (Å²) in [5.74, 6) is -0.171. The average Bonchev–Trinajstić information content (AvgIpc) is 2.56. The van der Waals surface area contributed by atoms with E-state index in [4.69, 9.17) is 18.3 Å². The Morgan fingerprint density at radius 1 is 1.17 bits per heavy atom. The lowest BCUT2D eigenvalue weighted by Gasteiger charge is -2.42. The lowest BCUT2D eigenvalue weighted by atomic mass is 9.90. The van der Waals surface area contributed by atoms with Gasteiger partial charge >= 0.3 is 13.9 Å². The van der Waals surface area contributed by atoms with Gasteiger partial charge < -0.3 is 10.1 Å². The number of carbonyl (C=O) groups is 2. The summed E-state index contributed by atoms with van der Waals surface area (Å²) in [5, 5.41) is 4.72. The minimum absolute atomic E-state index is 0.127. The van der Waals surface area contributed by atoms with Crippen molar-refractivity contribution in [3.63, 3.8) is 0 Å². The Kier molecular flexibility index (Phi) is 4.11. The molecule has 1 aromatic rings. The lowest BCUT2D eigenvalue weighted by Crippen LogP contribution is -2.56. The maximum absolute atomic E-state index is 12.3. The van der Waals surface area contributed by atoms with Crippen LogP contribution < -0.4 is 15.4 Å². The van der Waals surface area contributed by atoms with Gasteiger partial charge in [-0.15, -0.1) is 0 Å². The van der Waals surface area contributed by atoms with Crippen LogP contribution in [0.15, 0.2) is 24.3 Å². The van der Waals surface area contributed by atoms with Gasteiger partial charge in [0.2, 0.25) is 5.91 Å². The normalized spacial score (nSPS) is 28.9. The molecule has 0 aromatic heterocycles. The molecule has 4 rings (SSSR count). The summed E-state index contributed by atoms with van der Waals surface area (Å²) in [7, 11) is -2.04. The summed E-state index contributed by atoms with van der Waals surface area (Å²) >= 11 is 0. The van der Waals surface area contributed by atoms with E-state index < -0.39 is 25.2 Å². The number of rotatable bonds is 3. The van der Waals surface area contributed by atoms with E-state index in [1.165, 1.54) is 7.11 Å². The molecule has 0 aliphatic carbocycles. The Morgan fingerprint density at radius 2 is 1.78 bits per heavy atom. The Balaban J connectivity index is 1.64. The fraction of sp³-hybridized carbons (Fsp3) is 0.385. The summed E-state index contributed by atoms with van der Waals surface area (Å²) < 4.78 is 31.5. The van der Waals surface area contributed by atoms with E-state index in [1.54, 1.807) is 24.3 Å². The summed E-state index contributed by atoms with van der Waals surface area (Å²) in [6.45, 7) is -0.381. The third kappa shape index (κ3) is 3.09. The molecule has 23 heavy (non-hydrogen) atoms. The zero-order valence-electron chi connectivity index (χ0n) is 12.2. The van der Waals surface area contributed by atoms with Crippen LogP contribution in [-0.2, 0) is 22.9 Å². The number of hydrogen-bond donors (Lipinski definition) is 2. The van der Waals surface area contributed by atoms with Crippen LogP contribution >= 0.6 is 7.82 Å².